The van der Waals surface area contributed by atoms with Crippen molar-refractivity contribution in [1.29, 1.82) is 0 Å². The van der Waals surface area contributed by atoms with E-state index in [1.807, 2.05) is 0 Å². The zero-order valence-electron chi connectivity index (χ0n) is 19.4. The summed E-state index contributed by atoms with van der Waals surface area (Å²) in [6.07, 6.45) is 3.87. The summed E-state index contributed by atoms with van der Waals surface area (Å²) in [5, 5.41) is 0.718. The Labute approximate surface area is 216 Å². The minimum atomic E-state index is -0.634. The Hall–Kier alpha value is -3.19. The van der Waals surface area contributed by atoms with Gasteiger partial charge < -0.3 is 14.0 Å². The Morgan fingerprint density at radius 3 is 2.86 bits per heavy atom. The predicted molar refractivity (Wildman–Crippen MR) is 136 cm³/mol. The normalized spacial score (nSPS) is 17.1. The summed E-state index contributed by atoms with van der Waals surface area (Å²) in [6.45, 7) is 0.561. The molecule has 0 spiro atoms. The number of hydrogen-bond acceptors (Lipinski definition) is 9. The van der Waals surface area contributed by atoms with Gasteiger partial charge in [-0.1, -0.05) is 11.8 Å². The molecule has 190 valence electrons. The number of carbonyl (C=O) groups is 2. The van der Waals surface area contributed by atoms with Gasteiger partial charge in [0, 0.05) is 13.1 Å². The number of unbranched alkanes of at least 4 members (excludes halogenated alkanes) is 1. The van der Waals surface area contributed by atoms with Crippen LogP contribution in [0.15, 0.2) is 34.3 Å². The van der Waals surface area contributed by atoms with E-state index < -0.39 is 11.9 Å². The average molecular weight is 534 g/mol. The fraction of sp³-hybridized carbons (Fsp3) is 0.391. The smallest absolute Gasteiger partial charge is 0.415 e. The Morgan fingerprint density at radius 1 is 1.19 bits per heavy atom. The number of aromatic nitrogens is 4. The monoisotopic (exact) mass is 533 g/mol. The third kappa shape index (κ3) is 5.16. The number of nitrogens with zero attached hydrogens (tertiary/aromatic N) is 5. The second kappa shape index (κ2) is 10.8. The summed E-state index contributed by atoms with van der Waals surface area (Å²) >= 11 is 1.35. The van der Waals surface area contributed by atoms with Crippen LogP contribution in [0.5, 0.6) is 5.75 Å². The molecule has 2 aliphatic rings. The fourth-order valence-corrected chi connectivity index (χ4v) is 4.91. The van der Waals surface area contributed by atoms with Gasteiger partial charge in [-0.3, -0.25) is 19.5 Å². The highest BCUT2D eigenvalue weighted by molar-refractivity contribution is 8.00. The molecule has 2 aliphatic heterocycles. The zero-order valence-corrected chi connectivity index (χ0v) is 21.2. The predicted octanol–water partition coefficient (Wildman–Crippen LogP) is 2.77. The van der Waals surface area contributed by atoms with E-state index in [-0.39, 0.29) is 49.7 Å². The summed E-state index contributed by atoms with van der Waals surface area (Å²) < 4.78 is 26.8. The van der Waals surface area contributed by atoms with Gasteiger partial charge in [-0.2, -0.15) is 13.5 Å². The minimum absolute atomic E-state index is 0. The molecule has 13 heteroatoms. The molecule has 1 saturated heterocycles. The van der Waals surface area contributed by atoms with Crippen molar-refractivity contribution < 1.29 is 23.5 Å². The number of fused-ring (bicyclic) bond motifs is 2. The van der Waals surface area contributed by atoms with Crippen molar-refractivity contribution in [3.05, 3.63) is 46.4 Å². The van der Waals surface area contributed by atoms with Crippen molar-refractivity contribution >= 4 is 54.0 Å². The molecule has 0 N–H and O–H groups in total. The minimum Gasteiger partial charge on any atom is -0.488 e. The van der Waals surface area contributed by atoms with Gasteiger partial charge in [-0.25, -0.2) is 19.2 Å². The maximum Gasteiger partial charge on any atom is 0.415 e. The van der Waals surface area contributed by atoms with E-state index in [9.17, 15) is 18.8 Å². The summed E-state index contributed by atoms with van der Waals surface area (Å²) in [4.78, 5) is 50.3. The average Bonchev–Trinajstić information content (AvgIpc) is 3.22. The van der Waals surface area contributed by atoms with E-state index in [0.717, 1.165) is 11.2 Å². The third-order valence-corrected chi connectivity index (χ3v) is 6.97. The summed E-state index contributed by atoms with van der Waals surface area (Å²) in [7, 11) is 1.54. The van der Waals surface area contributed by atoms with E-state index in [0.29, 0.717) is 54.1 Å². The molecule has 0 unspecified atom stereocenters. The van der Waals surface area contributed by atoms with E-state index in [4.69, 9.17) is 9.47 Å². The van der Waals surface area contributed by atoms with Gasteiger partial charge >= 0.3 is 6.09 Å². The van der Waals surface area contributed by atoms with Gasteiger partial charge in [0.05, 0.1) is 48.9 Å². The highest BCUT2D eigenvalue weighted by atomic mass is 32.2. The first-order chi connectivity index (χ1) is 16.9. The number of hydrogen-bond donors (Lipinski definition) is 0. The Balaban J connectivity index is 0.00000304. The van der Waals surface area contributed by atoms with Crippen molar-refractivity contribution in [2.24, 2.45) is 7.05 Å². The lowest BCUT2D eigenvalue weighted by atomic mass is 10.1. The molecule has 3 aromatic rings. The fourth-order valence-electron chi connectivity index (χ4n) is 4.10. The second-order valence-electron chi connectivity index (χ2n) is 8.34. The first kappa shape index (κ1) is 25.9. The highest BCUT2D eigenvalue weighted by Gasteiger charge is 2.34. The molecular weight excluding hydrogens is 509 g/mol. The van der Waals surface area contributed by atoms with Gasteiger partial charge in [0.15, 0.2) is 17.4 Å². The molecule has 10 nitrogen and oxygen atoms in total. The van der Waals surface area contributed by atoms with Gasteiger partial charge in [0.1, 0.15) is 22.4 Å². The molecule has 1 amide bonds. The standard InChI is InChI=1S/C23H22FN5O5S.H2S/c1-28-19(31)6-5-16-20(28)21(15(24)9-25-16)33-7-3-2-4-14-11-29(23(32)34-14)18-10-26-22-17(27-18)8-13(30)12-35-22;/h5-6,9-10,14H,2-4,7-8,11-12H2,1H3;1H2/t14-;/m0./s1. The lowest BCUT2D eigenvalue weighted by Gasteiger charge is -2.16. The number of ether oxygens (including phenoxy) is 2. The van der Waals surface area contributed by atoms with Crippen molar-refractivity contribution in [3.8, 4) is 5.75 Å². The van der Waals surface area contributed by atoms with Gasteiger partial charge in [0.2, 0.25) is 0 Å². The van der Waals surface area contributed by atoms with Crippen molar-refractivity contribution in [2.45, 2.75) is 36.8 Å². The van der Waals surface area contributed by atoms with Gasteiger partial charge in [-0.15, -0.1) is 0 Å². The summed E-state index contributed by atoms with van der Waals surface area (Å²) in [6, 6.07) is 2.91. The van der Waals surface area contributed by atoms with Gasteiger partial charge in [0.25, 0.3) is 5.56 Å². The lowest BCUT2D eigenvalue weighted by molar-refractivity contribution is -0.116. The molecule has 0 bridgehead atoms. The molecule has 5 heterocycles. The van der Waals surface area contributed by atoms with E-state index in [2.05, 4.69) is 15.0 Å². The zero-order chi connectivity index (χ0) is 24.5. The highest BCUT2D eigenvalue weighted by Crippen LogP contribution is 2.29. The van der Waals surface area contributed by atoms with E-state index in [1.165, 1.54) is 39.6 Å². The maximum atomic E-state index is 14.4. The molecule has 0 radical (unpaired) electrons. The maximum absolute atomic E-state index is 14.4. The van der Waals surface area contributed by atoms with Crippen LogP contribution < -0.4 is 15.2 Å². The third-order valence-electron chi connectivity index (χ3n) is 5.89. The number of thioether (sulfide) groups is 1. The topological polar surface area (TPSA) is 117 Å². The van der Waals surface area contributed by atoms with Crippen LogP contribution in [0.3, 0.4) is 0 Å². The second-order valence-corrected chi connectivity index (χ2v) is 9.31. The van der Waals surface area contributed by atoms with Crippen LogP contribution in [-0.2, 0) is 23.0 Å². The number of carbonyl (C=O) groups excluding carboxylic acids is 2. The molecule has 1 fully saturated rings. The summed E-state index contributed by atoms with van der Waals surface area (Å²) in [5.41, 5.74) is 1.08. The van der Waals surface area contributed by atoms with E-state index >= 15 is 0 Å². The molecule has 0 aromatic carbocycles. The molecule has 0 saturated carbocycles. The molecule has 1 atom stereocenters. The first-order valence-electron chi connectivity index (χ1n) is 11.2. The number of anilines is 1. The van der Waals surface area contributed by atoms with Crippen LogP contribution in [0.1, 0.15) is 25.0 Å². The number of cyclic esters (lactones) is 1. The molecular formula is C23H24FN5O5S2. The van der Waals surface area contributed by atoms with Crippen LogP contribution in [0.25, 0.3) is 11.0 Å². The number of aryl methyl sites for hydroxylation is 1. The Morgan fingerprint density at radius 2 is 2.03 bits per heavy atom. The largest absolute Gasteiger partial charge is 0.488 e. The van der Waals surface area contributed by atoms with Gasteiger partial charge in [-0.05, 0) is 25.3 Å². The van der Waals surface area contributed by atoms with Crippen molar-refractivity contribution in [2.75, 3.05) is 23.8 Å². The molecule has 0 aliphatic carbocycles. The quantitative estimate of drug-likeness (QED) is 0.423. The Kier molecular flexibility index (Phi) is 7.79. The summed E-state index contributed by atoms with van der Waals surface area (Å²) in [5.74, 6) is 0.211. The molecule has 3 aromatic heterocycles. The van der Waals surface area contributed by atoms with Crippen LogP contribution in [0.2, 0.25) is 0 Å². The van der Waals surface area contributed by atoms with Crippen LogP contribution in [0.4, 0.5) is 15.0 Å². The number of halogens is 1. The number of amides is 1. The van der Waals surface area contributed by atoms with Crippen LogP contribution in [0, 0.1) is 5.82 Å². The number of pyridine rings is 2. The number of rotatable bonds is 7. The number of ketones is 1. The van der Waals surface area contributed by atoms with Crippen molar-refractivity contribution in [1.82, 2.24) is 19.5 Å². The first-order valence-corrected chi connectivity index (χ1v) is 12.1. The lowest BCUT2D eigenvalue weighted by Crippen LogP contribution is -2.27. The number of Topliss-reactive ketones (excluding diaryl/α,β-unsaturated/α-hetero) is 1. The molecule has 5 rings (SSSR count). The molecule has 36 heavy (non-hydrogen) atoms. The van der Waals surface area contributed by atoms with Crippen LogP contribution >= 0.6 is 25.3 Å². The van der Waals surface area contributed by atoms with Crippen molar-refractivity contribution in [3.63, 3.8) is 0 Å². The Bertz CT molecular complexity index is 1380. The van der Waals surface area contributed by atoms with Crippen LogP contribution in [-0.4, -0.2) is 56.4 Å². The van der Waals surface area contributed by atoms with E-state index in [1.54, 1.807) is 7.05 Å². The SMILES string of the molecule is Cn1c(=O)ccc2ncc(F)c(OCCCC[C@H]3CN(c4cnc5c(n4)CC(=O)CS5)C(=O)O3)c21.S.